The van der Waals surface area contributed by atoms with Gasteiger partial charge in [-0.25, -0.2) is 4.68 Å². The Morgan fingerprint density at radius 3 is 2.56 bits per heavy atom. The highest BCUT2D eigenvalue weighted by molar-refractivity contribution is 5.84. The lowest BCUT2D eigenvalue weighted by molar-refractivity contribution is -0.135. The minimum absolute atomic E-state index is 0.0574. The summed E-state index contributed by atoms with van der Waals surface area (Å²) in [7, 11) is 0. The van der Waals surface area contributed by atoms with E-state index in [1.165, 1.54) is 4.68 Å². The molecule has 0 saturated heterocycles. The molecule has 0 bridgehead atoms. The van der Waals surface area contributed by atoms with Gasteiger partial charge in [0.15, 0.2) is 0 Å². The van der Waals surface area contributed by atoms with Gasteiger partial charge in [-0.1, -0.05) is 24.3 Å². The van der Waals surface area contributed by atoms with E-state index in [4.69, 9.17) is 0 Å². The molecular formula is C21H22N4O2. The molecule has 0 N–H and O–H groups in total. The average Bonchev–Trinajstić information content (AvgIpc) is 3.51. The first-order valence-electron chi connectivity index (χ1n) is 9.25. The van der Waals surface area contributed by atoms with Crippen molar-refractivity contribution in [2.75, 3.05) is 0 Å². The molecule has 138 valence electrons. The lowest BCUT2D eigenvalue weighted by Gasteiger charge is -2.29. The minimum atomic E-state index is -0.231. The fourth-order valence-corrected chi connectivity index (χ4v) is 3.58. The Morgan fingerprint density at radius 2 is 1.89 bits per heavy atom. The van der Waals surface area contributed by atoms with Crippen LogP contribution in [-0.4, -0.2) is 31.6 Å². The van der Waals surface area contributed by atoms with Crippen molar-refractivity contribution in [2.24, 2.45) is 0 Å². The van der Waals surface area contributed by atoms with Gasteiger partial charge in [0.2, 0.25) is 5.91 Å². The number of hydrogen-bond acceptors (Lipinski definition) is 4. The molecule has 0 radical (unpaired) electrons. The van der Waals surface area contributed by atoms with E-state index in [0.717, 1.165) is 29.6 Å². The number of pyridine rings is 1. The van der Waals surface area contributed by atoms with Crippen LogP contribution in [0.1, 0.15) is 37.2 Å². The fourth-order valence-electron chi connectivity index (χ4n) is 3.58. The van der Waals surface area contributed by atoms with Gasteiger partial charge < -0.3 is 4.90 Å². The van der Waals surface area contributed by atoms with Crippen molar-refractivity contribution in [3.05, 3.63) is 70.4 Å². The predicted octanol–water partition coefficient (Wildman–Crippen LogP) is 2.85. The second-order valence-corrected chi connectivity index (χ2v) is 7.06. The molecule has 1 aliphatic rings. The molecule has 6 heteroatoms. The van der Waals surface area contributed by atoms with Crippen molar-refractivity contribution in [1.82, 2.24) is 19.7 Å². The predicted molar refractivity (Wildman–Crippen MR) is 103 cm³/mol. The first-order valence-corrected chi connectivity index (χ1v) is 9.25. The van der Waals surface area contributed by atoms with Crippen LogP contribution in [0.2, 0.25) is 0 Å². The zero-order valence-corrected chi connectivity index (χ0v) is 15.5. The van der Waals surface area contributed by atoms with Gasteiger partial charge in [0.05, 0.1) is 22.8 Å². The van der Waals surface area contributed by atoms with Crippen LogP contribution in [-0.2, 0) is 11.3 Å². The summed E-state index contributed by atoms with van der Waals surface area (Å²) >= 11 is 0. The Bertz CT molecular complexity index is 1040. The van der Waals surface area contributed by atoms with E-state index in [-0.39, 0.29) is 30.1 Å². The summed E-state index contributed by atoms with van der Waals surface area (Å²) in [6.45, 7) is 3.79. The zero-order chi connectivity index (χ0) is 19.0. The molecule has 0 aliphatic heterocycles. The van der Waals surface area contributed by atoms with Crippen LogP contribution in [0.4, 0.5) is 0 Å². The lowest BCUT2D eigenvalue weighted by Crippen LogP contribution is -2.40. The van der Waals surface area contributed by atoms with Gasteiger partial charge in [0, 0.05) is 17.6 Å². The fraction of sp³-hybridized carbons (Fsp3) is 0.333. The number of aromatic nitrogens is 3. The van der Waals surface area contributed by atoms with Crippen LogP contribution in [0, 0.1) is 6.92 Å². The number of aryl methyl sites for hydroxylation is 1. The second kappa shape index (κ2) is 6.95. The number of rotatable bonds is 5. The van der Waals surface area contributed by atoms with E-state index in [9.17, 15) is 9.59 Å². The summed E-state index contributed by atoms with van der Waals surface area (Å²) in [5, 5.41) is 5.79. The maximum absolute atomic E-state index is 13.1. The second-order valence-electron chi connectivity index (χ2n) is 7.06. The molecule has 27 heavy (non-hydrogen) atoms. The smallest absolute Gasteiger partial charge is 0.275 e. The normalized spacial score (nSPS) is 14.9. The molecular weight excluding hydrogens is 340 g/mol. The number of fused-ring (bicyclic) bond motifs is 1. The summed E-state index contributed by atoms with van der Waals surface area (Å²) < 4.78 is 1.29. The largest absolute Gasteiger partial charge is 0.330 e. The van der Waals surface area contributed by atoms with Crippen LogP contribution in [0.3, 0.4) is 0 Å². The van der Waals surface area contributed by atoms with Crippen molar-refractivity contribution < 1.29 is 4.79 Å². The topological polar surface area (TPSA) is 68.1 Å². The first kappa shape index (κ1) is 17.4. The van der Waals surface area contributed by atoms with E-state index in [1.807, 2.05) is 55.1 Å². The third-order valence-electron chi connectivity index (χ3n) is 5.10. The number of carbonyl (C=O) groups is 1. The zero-order valence-electron chi connectivity index (χ0n) is 15.5. The number of hydrogen-bond donors (Lipinski definition) is 0. The van der Waals surface area contributed by atoms with Crippen LogP contribution in [0.5, 0.6) is 0 Å². The lowest BCUT2D eigenvalue weighted by atomic mass is 10.1. The van der Waals surface area contributed by atoms with Gasteiger partial charge in [-0.2, -0.15) is 5.10 Å². The Kier molecular flexibility index (Phi) is 4.48. The standard InChI is InChI=1S/C21H22N4O2/c1-14-17-7-3-4-8-18(17)21(27)24(23-14)13-20(26)25(16-10-11-16)15(2)19-9-5-6-12-22-19/h3-9,12,15-16H,10-11,13H2,1-2H3. The molecule has 6 nitrogen and oxygen atoms in total. The highest BCUT2D eigenvalue weighted by atomic mass is 16.2. The van der Waals surface area contributed by atoms with Crippen molar-refractivity contribution >= 4 is 16.7 Å². The van der Waals surface area contributed by atoms with Gasteiger partial charge in [0.1, 0.15) is 6.54 Å². The van der Waals surface area contributed by atoms with Crippen LogP contribution in [0.15, 0.2) is 53.5 Å². The van der Waals surface area contributed by atoms with Gasteiger partial charge >= 0.3 is 0 Å². The third kappa shape index (κ3) is 3.35. The van der Waals surface area contributed by atoms with E-state index < -0.39 is 0 Å². The number of benzene rings is 1. The molecule has 3 aromatic rings. The summed E-state index contributed by atoms with van der Waals surface area (Å²) in [4.78, 5) is 32.1. The first-order chi connectivity index (χ1) is 13.1. The Morgan fingerprint density at radius 1 is 1.19 bits per heavy atom. The molecule has 1 aromatic carbocycles. The van der Waals surface area contributed by atoms with Gasteiger partial charge in [0.25, 0.3) is 5.56 Å². The molecule has 2 heterocycles. The molecule has 1 saturated carbocycles. The third-order valence-corrected chi connectivity index (χ3v) is 5.10. The van der Waals surface area contributed by atoms with Gasteiger partial charge in [-0.15, -0.1) is 0 Å². The average molecular weight is 362 g/mol. The monoisotopic (exact) mass is 362 g/mol. The van der Waals surface area contributed by atoms with Crippen molar-refractivity contribution in [3.8, 4) is 0 Å². The molecule has 4 rings (SSSR count). The summed E-state index contributed by atoms with van der Waals surface area (Å²) in [5.74, 6) is -0.0973. The van der Waals surface area contributed by atoms with E-state index in [2.05, 4.69) is 10.1 Å². The summed E-state index contributed by atoms with van der Waals surface area (Å²) in [6, 6.07) is 13.2. The Labute approximate surface area is 157 Å². The maximum Gasteiger partial charge on any atom is 0.275 e. The van der Waals surface area contributed by atoms with Crippen LogP contribution >= 0.6 is 0 Å². The number of carbonyl (C=O) groups excluding carboxylic acids is 1. The highest BCUT2D eigenvalue weighted by Crippen LogP contribution is 2.34. The minimum Gasteiger partial charge on any atom is -0.330 e. The van der Waals surface area contributed by atoms with Crippen molar-refractivity contribution in [2.45, 2.75) is 45.3 Å². The molecule has 1 fully saturated rings. The van der Waals surface area contributed by atoms with E-state index >= 15 is 0 Å². The molecule has 1 aliphatic carbocycles. The molecule has 1 unspecified atom stereocenters. The molecule has 1 atom stereocenters. The van der Waals surface area contributed by atoms with Crippen molar-refractivity contribution in [3.63, 3.8) is 0 Å². The summed E-state index contributed by atoms with van der Waals surface area (Å²) in [6.07, 6.45) is 3.71. The van der Waals surface area contributed by atoms with Crippen LogP contribution < -0.4 is 5.56 Å². The van der Waals surface area contributed by atoms with Gasteiger partial charge in [-0.05, 0) is 44.9 Å². The summed E-state index contributed by atoms with van der Waals surface area (Å²) in [5.41, 5.74) is 1.37. The number of amides is 1. The maximum atomic E-state index is 13.1. The number of nitrogens with zero attached hydrogens (tertiary/aromatic N) is 4. The Balaban J connectivity index is 1.65. The van der Waals surface area contributed by atoms with Crippen LogP contribution in [0.25, 0.3) is 10.8 Å². The van der Waals surface area contributed by atoms with Gasteiger partial charge in [-0.3, -0.25) is 14.6 Å². The quantitative estimate of drug-likeness (QED) is 0.700. The van der Waals surface area contributed by atoms with E-state index in [0.29, 0.717) is 5.39 Å². The molecule has 2 aromatic heterocycles. The highest BCUT2D eigenvalue weighted by Gasteiger charge is 2.36. The van der Waals surface area contributed by atoms with E-state index in [1.54, 1.807) is 12.3 Å². The molecule has 1 amide bonds. The Hall–Kier alpha value is -3.02. The molecule has 0 spiro atoms. The SMILES string of the molecule is Cc1nn(CC(=O)N(C2CC2)C(C)c2ccccn2)c(=O)c2ccccc12. The van der Waals surface area contributed by atoms with Crippen molar-refractivity contribution in [1.29, 1.82) is 0 Å².